The van der Waals surface area contributed by atoms with Gasteiger partial charge >= 0.3 is 0 Å². The van der Waals surface area contributed by atoms with Crippen LogP contribution >= 0.6 is 0 Å². The lowest BCUT2D eigenvalue weighted by atomic mass is 9.84. The van der Waals surface area contributed by atoms with Crippen LogP contribution in [0.4, 0.5) is 0 Å². The van der Waals surface area contributed by atoms with Crippen molar-refractivity contribution in [3.8, 4) is 0 Å². The zero-order chi connectivity index (χ0) is 14.0. The second-order valence-electron chi connectivity index (χ2n) is 7.14. The Hall–Kier alpha value is -0.0800. The molecule has 0 amide bonds. The fourth-order valence-electron chi connectivity index (χ4n) is 4.04. The van der Waals surface area contributed by atoms with Gasteiger partial charge in [-0.15, -0.1) is 0 Å². The fourth-order valence-corrected chi connectivity index (χ4v) is 4.04. The van der Waals surface area contributed by atoms with E-state index in [-0.39, 0.29) is 0 Å². The molecule has 0 radical (unpaired) electrons. The smallest absolute Gasteiger partial charge is 0.00794 e. The molecule has 20 heavy (non-hydrogen) atoms. The largest absolute Gasteiger partial charge is 0.313 e. The summed E-state index contributed by atoms with van der Waals surface area (Å²) >= 11 is 0. The van der Waals surface area contributed by atoms with Crippen LogP contribution in [0.5, 0.6) is 0 Å². The van der Waals surface area contributed by atoms with E-state index in [0.717, 1.165) is 31.1 Å². The van der Waals surface area contributed by atoms with Crippen LogP contribution in [0, 0.1) is 5.92 Å². The fraction of sp³-hybridized carbons (Fsp3) is 1.00. The molecular formula is C18H36N2. The van der Waals surface area contributed by atoms with E-state index < -0.39 is 0 Å². The Morgan fingerprint density at radius 3 is 2.00 bits per heavy atom. The second-order valence-corrected chi connectivity index (χ2v) is 7.14. The first-order chi connectivity index (χ1) is 9.86. The molecule has 2 saturated carbocycles. The molecule has 2 aliphatic rings. The van der Waals surface area contributed by atoms with Crippen molar-refractivity contribution < 1.29 is 0 Å². The van der Waals surface area contributed by atoms with E-state index in [0.29, 0.717) is 0 Å². The summed E-state index contributed by atoms with van der Waals surface area (Å²) in [5.41, 5.74) is 0. The molecule has 2 fully saturated rings. The number of hydrogen-bond donors (Lipinski definition) is 2. The summed E-state index contributed by atoms with van der Waals surface area (Å²) in [6.07, 6.45) is 17.3. The van der Waals surface area contributed by atoms with Gasteiger partial charge in [0.1, 0.15) is 0 Å². The van der Waals surface area contributed by atoms with Crippen molar-refractivity contribution in [1.29, 1.82) is 0 Å². The lowest BCUT2D eigenvalue weighted by Gasteiger charge is -2.29. The van der Waals surface area contributed by atoms with Crippen molar-refractivity contribution in [2.24, 2.45) is 5.92 Å². The van der Waals surface area contributed by atoms with Crippen LogP contribution in [0.2, 0.25) is 0 Å². The molecule has 0 aromatic carbocycles. The highest BCUT2D eigenvalue weighted by molar-refractivity contribution is 4.77. The SMILES string of the molecule is C[C@H](NCCNC1CCCCCCC1)C1CCCCC1. The molecule has 118 valence electrons. The standard InChI is InChI=1S/C18H36N2/c1-16(17-10-6-5-7-11-17)19-14-15-20-18-12-8-3-2-4-9-13-18/h16-20H,2-15H2,1H3/t16-/m0/s1. The molecule has 0 heterocycles. The normalized spacial score (nSPS) is 25.1. The van der Waals surface area contributed by atoms with Crippen LogP contribution in [-0.2, 0) is 0 Å². The van der Waals surface area contributed by atoms with Gasteiger partial charge in [0, 0.05) is 25.2 Å². The van der Waals surface area contributed by atoms with Gasteiger partial charge in [-0.25, -0.2) is 0 Å². The van der Waals surface area contributed by atoms with Crippen molar-refractivity contribution in [1.82, 2.24) is 10.6 Å². The van der Waals surface area contributed by atoms with Gasteiger partial charge in [0.25, 0.3) is 0 Å². The van der Waals surface area contributed by atoms with E-state index in [1.165, 1.54) is 77.0 Å². The second kappa shape index (κ2) is 9.78. The first-order valence-electron chi connectivity index (χ1n) is 9.33. The lowest BCUT2D eigenvalue weighted by molar-refractivity contribution is 0.279. The highest BCUT2D eigenvalue weighted by atomic mass is 15.0. The predicted octanol–water partition coefficient (Wildman–Crippen LogP) is 4.25. The topological polar surface area (TPSA) is 24.1 Å². The first-order valence-corrected chi connectivity index (χ1v) is 9.33. The van der Waals surface area contributed by atoms with Crippen molar-refractivity contribution in [2.45, 2.75) is 96.1 Å². The Kier molecular flexibility index (Phi) is 7.97. The monoisotopic (exact) mass is 280 g/mol. The van der Waals surface area contributed by atoms with Crippen molar-refractivity contribution in [3.63, 3.8) is 0 Å². The summed E-state index contributed by atoms with van der Waals surface area (Å²) in [6, 6.07) is 1.51. The van der Waals surface area contributed by atoms with Crippen LogP contribution in [-0.4, -0.2) is 25.2 Å². The number of hydrogen-bond acceptors (Lipinski definition) is 2. The Labute approximate surface area is 126 Å². The maximum absolute atomic E-state index is 3.79. The van der Waals surface area contributed by atoms with E-state index in [4.69, 9.17) is 0 Å². The molecule has 0 aliphatic heterocycles. The Morgan fingerprint density at radius 1 is 0.750 bits per heavy atom. The molecule has 0 unspecified atom stereocenters. The van der Waals surface area contributed by atoms with E-state index in [1.807, 2.05) is 0 Å². The van der Waals surface area contributed by atoms with E-state index in [1.54, 1.807) is 0 Å². The Bertz CT molecular complexity index is 224. The average Bonchev–Trinajstić information content (AvgIpc) is 2.46. The van der Waals surface area contributed by atoms with Crippen LogP contribution in [0.25, 0.3) is 0 Å². The highest BCUT2D eigenvalue weighted by Gasteiger charge is 2.19. The molecule has 0 aromatic rings. The quantitative estimate of drug-likeness (QED) is 0.711. The van der Waals surface area contributed by atoms with Gasteiger partial charge in [0.2, 0.25) is 0 Å². The van der Waals surface area contributed by atoms with Gasteiger partial charge in [-0.3, -0.25) is 0 Å². The molecule has 0 bridgehead atoms. The van der Waals surface area contributed by atoms with E-state index in [9.17, 15) is 0 Å². The van der Waals surface area contributed by atoms with Crippen LogP contribution in [0.3, 0.4) is 0 Å². The molecule has 1 atom stereocenters. The molecule has 2 heteroatoms. The van der Waals surface area contributed by atoms with Gasteiger partial charge in [-0.1, -0.05) is 51.4 Å². The number of nitrogens with one attached hydrogen (secondary N) is 2. The maximum atomic E-state index is 3.79. The predicted molar refractivity (Wildman–Crippen MR) is 88.1 cm³/mol. The summed E-state index contributed by atoms with van der Waals surface area (Å²) in [7, 11) is 0. The third-order valence-electron chi connectivity index (χ3n) is 5.49. The zero-order valence-corrected chi connectivity index (χ0v) is 13.6. The summed E-state index contributed by atoms with van der Waals surface area (Å²) in [5, 5.41) is 7.54. The minimum atomic E-state index is 0.717. The van der Waals surface area contributed by atoms with E-state index >= 15 is 0 Å². The highest BCUT2D eigenvalue weighted by Crippen LogP contribution is 2.26. The molecule has 2 N–H and O–H groups in total. The zero-order valence-electron chi connectivity index (χ0n) is 13.6. The average molecular weight is 280 g/mol. The molecule has 2 rings (SSSR count). The molecule has 2 nitrogen and oxygen atoms in total. The van der Waals surface area contributed by atoms with Crippen LogP contribution < -0.4 is 10.6 Å². The summed E-state index contributed by atoms with van der Waals surface area (Å²) in [4.78, 5) is 0. The number of rotatable bonds is 6. The van der Waals surface area contributed by atoms with Gasteiger partial charge in [0.05, 0.1) is 0 Å². The van der Waals surface area contributed by atoms with Gasteiger partial charge < -0.3 is 10.6 Å². The summed E-state index contributed by atoms with van der Waals surface area (Å²) in [5.74, 6) is 0.935. The van der Waals surface area contributed by atoms with Gasteiger partial charge in [-0.05, 0) is 38.5 Å². The molecule has 0 aromatic heterocycles. The van der Waals surface area contributed by atoms with Crippen molar-refractivity contribution in [2.75, 3.05) is 13.1 Å². The first kappa shape index (κ1) is 16.3. The molecular weight excluding hydrogens is 244 g/mol. The molecule has 0 saturated heterocycles. The summed E-state index contributed by atoms with van der Waals surface area (Å²) < 4.78 is 0. The van der Waals surface area contributed by atoms with Crippen molar-refractivity contribution in [3.05, 3.63) is 0 Å². The Balaban J connectivity index is 1.53. The third-order valence-corrected chi connectivity index (χ3v) is 5.49. The van der Waals surface area contributed by atoms with E-state index in [2.05, 4.69) is 17.6 Å². The molecule has 0 spiro atoms. The third kappa shape index (κ3) is 6.13. The minimum absolute atomic E-state index is 0.717. The minimum Gasteiger partial charge on any atom is -0.313 e. The van der Waals surface area contributed by atoms with Gasteiger partial charge in [-0.2, -0.15) is 0 Å². The van der Waals surface area contributed by atoms with Crippen LogP contribution in [0.15, 0.2) is 0 Å². The van der Waals surface area contributed by atoms with Crippen molar-refractivity contribution >= 4 is 0 Å². The van der Waals surface area contributed by atoms with Crippen LogP contribution in [0.1, 0.15) is 84.0 Å². The molecule has 2 aliphatic carbocycles. The van der Waals surface area contributed by atoms with Gasteiger partial charge in [0.15, 0.2) is 0 Å². The lowest BCUT2D eigenvalue weighted by Crippen LogP contribution is -2.41. The Morgan fingerprint density at radius 2 is 1.30 bits per heavy atom. The maximum Gasteiger partial charge on any atom is 0.00794 e. The summed E-state index contributed by atoms with van der Waals surface area (Å²) in [6.45, 7) is 4.70.